The predicted octanol–water partition coefficient (Wildman–Crippen LogP) is 1.72. The lowest BCUT2D eigenvalue weighted by Gasteiger charge is -2.41. The van der Waals surface area contributed by atoms with E-state index in [-0.39, 0.29) is 57.3 Å². The molecule has 40 heavy (non-hydrogen) atoms. The predicted molar refractivity (Wildman–Crippen MR) is 156 cm³/mol. The normalized spacial score (nSPS) is 18.6. The van der Waals surface area contributed by atoms with Crippen molar-refractivity contribution in [2.75, 3.05) is 40.0 Å². The molecule has 0 saturated carbocycles. The van der Waals surface area contributed by atoms with E-state index in [1.165, 1.54) is 20.1 Å². The summed E-state index contributed by atoms with van der Waals surface area (Å²) in [7, 11) is 1.46. The van der Waals surface area contributed by atoms with E-state index < -0.39 is 24.2 Å². The monoisotopic (exact) mass is 676 g/mol. The zero-order valence-electron chi connectivity index (χ0n) is 23.4. The number of benzene rings is 1. The van der Waals surface area contributed by atoms with E-state index in [0.29, 0.717) is 52.3 Å². The van der Waals surface area contributed by atoms with Crippen LogP contribution in [0.15, 0.2) is 23.8 Å². The largest absolute Gasteiger partial charge is 0.493 e. The molecule has 3 unspecified atom stereocenters. The summed E-state index contributed by atoms with van der Waals surface area (Å²) in [5, 5.41) is 32.9. The van der Waals surface area contributed by atoms with Crippen LogP contribution in [0.25, 0.3) is 0 Å². The van der Waals surface area contributed by atoms with Crippen molar-refractivity contribution in [1.29, 1.82) is 0 Å². The number of methoxy groups -OCH3 is 1. The SMILES string of the molecule is CCOCCCN(C(=O)CCCC(C)=O)C1CC(C(=O)NCCO)=CC(Oc2c(I)cc(CO)cc2OC)C1O. The molecule has 2 amide bonds. The third kappa shape index (κ3) is 9.98. The highest BCUT2D eigenvalue weighted by Crippen LogP contribution is 2.37. The molecule has 4 N–H and O–H groups in total. The highest BCUT2D eigenvalue weighted by atomic mass is 127. The van der Waals surface area contributed by atoms with Gasteiger partial charge in [-0.15, -0.1) is 0 Å². The number of Topliss-reactive ketones (excluding diaryl/α,β-unsaturated/α-hetero) is 1. The van der Waals surface area contributed by atoms with E-state index in [2.05, 4.69) is 5.32 Å². The van der Waals surface area contributed by atoms with Gasteiger partial charge in [0.2, 0.25) is 11.8 Å². The fourth-order valence-electron chi connectivity index (χ4n) is 4.48. The van der Waals surface area contributed by atoms with Gasteiger partial charge in [-0.2, -0.15) is 0 Å². The lowest BCUT2D eigenvalue weighted by molar-refractivity contribution is -0.139. The van der Waals surface area contributed by atoms with Crippen LogP contribution in [0.5, 0.6) is 11.5 Å². The number of nitrogens with zero attached hydrogens (tertiary/aromatic N) is 1. The molecule has 0 aliphatic heterocycles. The first kappa shape index (κ1) is 33.9. The van der Waals surface area contributed by atoms with Crippen molar-refractivity contribution >= 4 is 40.2 Å². The molecule has 0 fully saturated rings. The second-order valence-corrected chi connectivity index (χ2v) is 10.6. The first-order valence-corrected chi connectivity index (χ1v) is 14.5. The number of carbonyl (C=O) groups is 3. The minimum Gasteiger partial charge on any atom is -0.493 e. The van der Waals surface area contributed by atoms with Gasteiger partial charge in [0.15, 0.2) is 11.5 Å². The maximum Gasteiger partial charge on any atom is 0.247 e. The van der Waals surface area contributed by atoms with Crippen molar-refractivity contribution in [3.63, 3.8) is 0 Å². The van der Waals surface area contributed by atoms with E-state index in [1.54, 1.807) is 17.0 Å². The first-order chi connectivity index (χ1) is 19.2. The first-order valence-electron chi connectivity index (χ1n) is 13.4. The lowest BCUT2D eigenvalue weighted by atomic mass is 9.87. The van der Waals surface area contributed by atoms with Gasteiger partial charge in [0.25, 0.3) is 0 Å². The average Bonchev–Trinajstić information content (AvgIpc) is 2.93. The summed E-state index contributed by atoms with van der Waals surface area (Å²) in [6.45, 7) is 4.19. The van der Waals surface area contributed by atoms with Crippen molar-refractivity contribution in [2.24, 2.45) is 0 Å². The molecule has 1 aliphatic rings. The molecule has 1 aromatic carbocycles. The lowest BCUT2D eigenvalue weighted by Crippen LogP contribution is -2.55. The van der Waals surface area contributed by atoms with Crippen molar-refractivity contribution < 1.29 is 43.9 Å². The van der Waals surface area contributed by atoms with Crippen LogP contribution in [-0.4, -0.2) is 96.1 Å². The topological polar surface area (TPSA) is 155 Å². The standard InChI is InChI=1S/C28H41IN2O9/c1-4-39-12-6-10-31(25(35)8-5-7-18(2)34)22-15-20(28(37)30-9-11-32)16-23(26(22)36)40-27-21(29)13-19(17-33)14-24(27)38-3/h13-14,16,22-23,26,32-33,36H,4-12,15,17H2,1-3H3,(H,30,37). The van der Waals surface area contributed by atoms with Gasteiger partial charge in [-0.05, 0) is 73.1 Å². The summed E-state index contributed by atoms with van der Waals surface area (Å²) < 4.78 is 17.8. The van der Waals surface area contributed by atoms with Gasteiger partial charge >= 0.3 is 0 Å². The summed E-state index contributed by atoms with van der Waals surface area (Å²) in [5.74, 6) is -0.0126. The van der Waals surface area contributed by atoms with Gasteiger partial charge in [0, 0.05) is 51.1 Å². The van der Waals surface area contributed by atoms with Crippen molar-refractivity contribution in [3.8, 4) is 11.5 Å². The molecular weight excluding hydrogens is 635 g/mol. The zero-order valence-corrected chi connectivity index (χ0v) is 25.5. The van der Waals surface area contributed by atoms with Gasteiger partial charge in [0.05, 0.1) is 29.9 Å². The maximum atomic E-state index is 13.4. The molecule has 1 aliphatic carbocycles. The fraction of sp³-hybridized carbons (Fsp3) is 0.607. The van der Waals surface area contributed by atoms with Crippen LogP contribution >= 0.6 is 22.6 Å². The van der Waals surface area contributed by atoms with E-state index in [4.69, 9.17) is 14.2 Å². The summed E-state index contributed by atoms with van der Waals surface area (Å²) in [6.07, 6.45) is 0.675. The van der Waals surface area contributed by atoms with Crippen LogP contribution in [0.1, 0.15) is 51.5 Å². The summed E-state index contributed by atoms with van der Waals surface area (Å²) in [5.41, 5.74) is 0.924. The number of halogens is 1. The van der Waals surface area contributed by atoms with E-state index in [1.807, 2.05) is 29.5 Å². The minimum atomic E-state index is -1.20. The molecule has 1 aromatic rings. The molecule has 0 radical (unpaired) electrons. The maximum absolute atomic E-state index is 13.4. The molecule has 11 nitrogen and oxygen atoms in total. The quantitative estimate of drug-likeness (QED) is 0.143. The number of carbonyl (C=O) groups excluding carboxylic acids is 3. The van der Waals surface area contributed by atoms with Crippen LogP contribution in [0.3, 0.4) is 0 Å². The van der Waals surface area contributed by atoms with Gasteiger partial charge in [-0.1, -0.05) is 0 Å². The Labute approximate surface area is 249 Å². The Morgan fingerprint density at radius 2 is 1.93 bits per heavy atom. The van der Waals surface area contributed by atoms with Crippen LogP contribution < -0.4 is 14.8 Å². The summed E-state index contributed by atoms with van der Waals surface area (Å²) in [4.78, 5) is 39.4. The van der Waals surface area contributed by atoms with Crippen molar-refractivity contribution in [2.45, 2.75) is 70.8 Å². The Morgan fingerprint density at radius 3 is 2.55 bits per heavy atom. The number of ketones is 1. The Morgan fingerprint density at radius 1 is 1.18 bits per heavy atom. The molecule has 0 heterocycles. The zero-order chi connectivity index (χ0) is 29.7. The molecule has 0 spiro atoms. The average molecular weight is 677 g/mol. The number of aliphatic hydroxyl groups is 3. The fourth-order valence-corrected chi connectivity index (χ4v) is 5.28. The molecule has 2 rings (SSSR count). The van der Waals surface area contributed by atoms with Gasteiger partial charge in [0.1, 0.15) is 18.0 Å². The Balaban J connectivity index is 2.44. The smallest absolute Gasteiger partial charge is 0.247 e. The number of amides is 2. The minimum absolute atomic E-state index is 0.0107. The highest BCUT2D eigenvalue weighted by Gasteiger charge is 2.40. The molecular formula is C28H41IN2O9. The number of hydrogen-bond acceptors (Lipinski definition) is 9. The number of hydrogen-bond donors (Lipinski definition) is 4. The number of aliphatic hydroxyl groups excluding tert-OH is 3. The Bertz CT molecular complexity index is 1030. The van der Waals surface area contributed by atoms with E-state index in [9.17, 15) is 29.7 Å². The van der Waals surface area contributed by atoms with Crippen molar-refractivity contribution in [3.05, 3.63) is 32.9 Å². The van der Waals surface area contributed by atoms with Crippen LogP contribution in [0, 0.1) is 3.57 Å². The van der Waals surface area contributed by atoms with Gasteiger partial charge in [-0.25, -0.2) is 0 Å². The van der Waals surface area contributed by atoms with Gasteiger partial charge < -0.3 is 44.5 Å². The van der Waals surface area contributed by atoms with E-state index in [0.717, 1.165) is 0 Å². The molecule has 0 saturated heterocycles. The number of rotatable bonds is 17. The van der Waals surface area contributed by atoms with E-state index >= 15 is 0 Å². The Hall–Kier alpha value is -2.26. The number of ether oxygens (including phenoxy) is 3. The molecule has 224 valence electrons. The summed E-state index contributed by atoms with van der Waals surface area (Å²) >= 11 is 2.04. The van der Waals surface area contributed by atoms with Crippen LogP contribution in [0.2, 0.25) is 0 Å². The molecule has 0 aromatic heterocycles. The second kappa shape index (κ2) is 17.5. The van der Waals surface area contributed by atoms with Crippen LogP contribution in [-0.2, 0) is 25.7 Å². The number of nitrogens with one attached hydrogen (secondary N) is 1. The van der Waals surface area contributed by atoms with Gasteiger partial charge in [-0.3, -0.25) is 9.59 Å². The molecule has 3 atom stereocenters. The summed E-state index contributed by atoms with van der Waals surface area (Å²) in [6, 6.07) is 2.56. The molecule has 12 heteroatoms. The Kier molecular flexibility index (Phi) is 14.9. The van der Waals surface area contributed by atoms with Crippen molar-refractivity contribution in [1.82, 2.24) is 10.2 Å². The van der Waals surface area contributed by atoms with Crippen LogP contribution in [0.4, 0.5) is 0 Å². The second-order valence-electron chi connectivity index (χ2n) is 9.48. The highest BCUT2D eigenvalue weighted by molar-refractivity contribution is 14.1. The molecule has 0 bridgehead atoms. The third-order valence-electron chi connectivity index (χ3n) is 6.47. The third-order valence-corrected chi connectivity index (χ3v) is 7.27.